The van der Waals surface area contributed by atoms with Gasteiger partial charge in [0.2, 0.25) is 5.91 Å². The number of halogens is 2. The number of aliphatic imine (C=N–C) groups is 1. The summed E-state index contributed by atoms with van der Waals surface area (Å²) < 4.78 is 39.6. The minimum atomic E-state index is -3.72. The summed E-state index contributed by atoms with van der Waals surface area (Å²) in [5.41, 5.74) is 12.5. The Labute approximate surface area is 283 Å². The van der Waals surface area contributed by atoms with Crippen LogP contribution < -0.4 is 25.4 Å². The fourth-order valence-electron chi connectivity index (χ4n) is 8.34. The van der Waals surface area contributed by atoms with Crippen LogP contribution in [0.15, 0.2) is 35.3 Å². The Morgan fingerprint density at radius 2 is 1.86 bits per heavy atom. The van der Waals surface area contributed by atoms with Gasteiger partial charge in [0, 0.05) is 47.3 Å². The fourth-order valence-corrected chi connectivity index (χ4v) is 8.34. The number of amides is 2. The van der Waals surface area contributed by atoms with Crippen molar-refractivity contribution in [2.45, 2.75) is 108 Å². The predicted octanol–water partition coefficient (Wildman–Crippen LogP) is 5.68. The monoisotopic (exact) mass is 670 g/mol. The number of nitrogens with one attached hydrogen (secondary N) is 1. The van der Waals surface area contributed by atoms with Crippen molar-refractivity contribution in [2.24, 2.45) is 16.6 Å². The largest absolute Gasteiger partial charge is 0.586 e. The number of nitrogens with two attached hydrogens (primary N) is 1. The summed E-state index contributed by atoms with van der Waals surface area (Å²) in [4.78, 5) is 33.2. The second-order valence-corrected chi connectivity index (χ2v) is 15.0. The highest BCUT2D eigenvalue weighted by molar-refractivity contribution is 6.16. The summed E-state index contributed by atoms with van der Waals surface area (Å²) in [7, 11) is 0. The Morgan fingerprint density at radius 1 is 1.08 bits per heavy atom. The van der Waals surface area contributed by atoms with E-state index in [4.69, 9.17) is 25.3 Å². The average Bonchev–Trinajstić information content (AvgIpc) is 3.94. The third-order valence-corrected chi connectivity index (χ3v) is 11.1. The maximum absolute atomic E-state index is 14.1. The second-order valence-electron chi connectivity index (χ2n) is 15.0. The molecule has 3 aromatic rings. The third kappa shape index (κ3) is 5.34. The molecule has 2 amide bonds. The number of carbonyl (C=O) groups is 2. The minimum Gasteiger partial charge on any atom is -0.395 e. The van der Waals surface area contributed by atoms with Crippen LogP contribution in [0.4, 0.5) is 14.5 Å². The zero-order valence-corrected chi connectivity index (χ0v) is 27.7. The minimum absolute atomic E-state index is 0.00395. The number of amidine groups is 1. The van der Waals surface area contributed by atoms with Crippen LogP contribution >= 0.6 is 0 Å². The molecule has 0 unspecified atom stereocenters. The van der Waals surface area contributed by atoms with E-state index in [0.717, 1.165) is 54.6 Å². The summed E-state index contributed by atoms with van der Waals surface area (Å²) in [6, 6.07) is 9.92. The van der Waals surface area contributed by atoms with E-state index < -0.39 is 17.7 Å². The van der Waals surface area contributed by atoms with Gasteiger partial charge in [0.05, 0.1) is 11.4 Å². The van der Waals surface area contributed by atoms with Crippen LogP contribution in [0.3, 0.4) is 0 Å². The maximum Gasteiger partial charge on any atom is 0.586 e. The number of anilines is 1. The number of piperidine rings is 1. The van der Waals surface area contributed by atoms with Gasteiger partial charge >= 0.3 is 6.29 Å². The Kier molecular flexibility index (Phi) is 6.71. The second kappa shape index (κ2) is 10.8. The zero-order chi connectivity index (χ0) is 33.8. The molecule has 3 aliphatic heterocycles. The first kappa shape index (κ1) is 30.6. The molecule has 1 spiro atoms. The SMILES string of the molecule is Cc1nn(CC(N)=O)c(C2CC2)c1-c1ccc(CC2CC2)c(N2CC[C@]3(C[C@@H]2C)N=C(c2ccc4c(c2C2CC2)OC(F)(F)O4)NC3=O)c1. The van der Waals surface area contributed by atoms with Crippen molar-refractivity contribution < 1.29 is 27.8 Å². The van der Waals surface area contributed by atoms with E-state index in [0.29, 0.717) is 48.2 Å². The lowest BCUT2D eigenvalue weighted by atomic mass is 9.83. The quantitative estimate of drug-likeness (QED) is 0.302. The lowest BCUT2D eigenvalue weighted by Crippen LogP contribution is -2.53. The van der Waals surface area contributed by atoms with E-state index >= 15 is 0 Å². The van der Waals surface area contributed by atoms with Crippen LogP contribution in [0.1, 0.15) is 98.2 Å². The van der Waals surface area contributed by atoms with Crippen molar-refractivity contribution in [1.82, 2.24) is 15.1 Å². The van der Waals surface area contributed by atoms with Gasteiger partial charge in [0.1, 0.15) is 17.9 Å². The number of nitrogens with zero attached hydrogens (tertiary/aromatic N) is 4. The molecule has 3 saturated carbocycles. The Hall–Kier alpha value is -4.48. The average molecular weight is 671 g/mol. The molecule has 12 heteroatoms. The number of ether oxygens (including phenoxy) is 2. The number of fused-ring (bicyclic) bond motifs is 1. The van der Waals surface area contributed by atoms with Gasteiger partial charge in [-0.05, 0) is 106 Å². The number of carbonyl (C=O) groups excluding carboxylic acids is 2. The molecular formula is C37H40F2N6O4. The van der Waals surface area contributed by atoms with Crippen molar-refractivity contribution in [3.8, 4) is 22.6 Å². The van der Waals surface area contributed by atoms with Gasteiger partial charge < -0.3 is 25.4 Å². The number of hydrogen-bond donors (Lipinski definition) is 2. The van der Waals surface area contributed by atoms with Crippen molar-refractivity contribution in [3.63, 3.8) is 0 Å². The Morgan fingerprint density at radius 3 is 2.55 bits per heavy atom. The molecular weight excluding hydrogens is 630 g/mol. The third-order valence-electron chi connectivity index (χ3n) is 11.1. The highest BCUT2D eigenvalue weighted by Crippen LogP contribution is 2.54. The molecule has 0 radical (unpaired) electrons. The van der Waals surface area contributed by atoms with Crippen LogP contribution in [0, 0.1) is 12.8 Å². The predicted molar refractivity (Wildman–Crippen MR) is 178 cm³/mol. The Balaban J connectivity index is 1.04. The molecule has 1 aromatic heterocycles. The van der Waals surface area contributed by atoms with E-state index in [2.05, 4.69) is 35.3 Å². The molecule has 2 atom stereocenters. The molecule has 256 valence electrons. The molecule has 10 nitrogen and oxygen atoms in total. The van der Waals surface area contributed by atoms with E-state index in [1.165, 1.54) is 30.2 Å². The first-order chi connectivity index (χ1) is 23.5. The van der Waals surface area contributed by atoms with E-state index in [9.17, 15) is 18.4 Å². The van der Waals surface area contributed by atoms with Crippen molar-refractivity contribution in [3.05, 3.63) is 58.4 Å². The molecule has 9 rings (SSSR count). The molecule has 4 fully saturated rings. The fraction of sp³-hybridized carbons (Fsp3) is 0.514. The smallest absolute Gasteiger partial charge is 0.395 e. The topological polar surface area (TPSA) is 124 Å². The number of aromatic nitrogens is 2. The van der Waals surface area contributed by atoms with Crippen molar-refractivity contribution in [2.75, 3.05) is 11.4 Å². The number of rotatable bonds is 9. The van der Waals surface area contributed by atoms with E-state index in [1.807, 2.05) is 6.92 Å². The van der Waals surface area contributed by atoms with E-state index in [1.54, 1.807) is 10.7 Å². The van der Waals surface area contributed by atoms with Gasteiger partial charge in [0.15, 0.2) is 11.5 Å². The molecule has 3 aliphatic carbocycles. The summed E-state index contributed by atoms with van der Waals surface area (Å²) in [5, 5.41) is 7.78. The maximum atomic E-state index is 14.1. The van der Waals surface area contributed by atoms with Crippen molar-refractivity contribution >= 4 is 23.3 Å². The van der Waals surface area contributed by atoms with Crippen LogP contribution in [0.2, 0.25) is 0 Å². The summed E-state index contributed by atoms with van der Waals surface area (Å²) >= 11 is 0. The van der Waals surface area contributed by atoms with E-state index in [-0.39, 0.29) is 35.9 Å². The molecule has 6 aliphatic rings. The van der Waals surface area contributed by atoms with Gasteiger partial charge in [-0.25, -0.2) is 0 Å². The first-order valence-corrected chi connectivity index (χ1v) is 17.6. The summed E-state index contributed by atoms with van der Waals surface area (Å²) in [6.07, 6.45) is 4.65. The Bertz CT molecular complexity index is 1940. The van der Waals surface area contributed by atoms with Gasteiger partial charge in [-0.15, -0.1) is 8.78 Å². The molecule has 49 heavy (non-hydrogen) atoms. The summed E-state index contributed by atoms with van der Waals surface area (Å²) in [5.74, 6) is 1.04. The van der Waals surface area contributed by atoms with Gasteiger partial charge in [-0.2, -0.15) is 5.10 Å². The zero-order valence-electron chi connectivity index (χ0n) is 27.7. The molecule has 4 heterocycles. The molecule has 2 aromatic carbocycles. The number of hydrogen-bond acceptors (Lipinski definition) is 7. The number of primary amides is 1. The number of alkyl halides is 2. The first-order valence-electron chi connectivity index (χ1n) is 17.6. The summed E-state index contributed by atoms with van der Waals surface area (Å²) in [6.45, 7) is 4.85. The van der Waals surface area contributed by atoms with Crippen molar-refractivity contribution in [1.29, 1.82) is 0 Å². The van der Waals surface area contributed by atoms with Crippen LogP contribution in [-0.4, -0.2) is 51.9 Å². The van der Waals surface area contributed by atoms with Crippen LogP contribution in [0.5, 0.6) is 11.5 Å². The highest BCUT2D eigenvalue weighted by Gasteiger charge is 2.51. The van der Waals surface area contributed by atoms with Gasteiger partial charge in [0.25, 0.3) is 5.91 Å². The van der Waals surface area contributed by atoms with Gasteiger partial charge in [-0.1, -0.05) is 12.1 Å². The number of aryl methyl sites for hydroxylation is 1. The van der Waals surface area contributed by atoms with Crippen LogP contribution in [0.25, 0.3) is 11.1 Å². The lowest BCUT2D eigenvalue weighted by Gasteiger charge is -2.43. The highest BCUT2D eigenvalue weighted by atomic mass is 19.3. The molecule has 1 saturated heterocycles. The standard InChI is InChI=1S/C37H40F2N6O4/c1-19-17-36(35(47)41-34(42-36)26-11-12-28-33(31(26)22-5-6-22)49-37(38,39)48-28)13-14-44(19)27-16-25(10-9-24(27)15-21-3-4-21)30-20(2)43-45(18-29(40)46)32(30)23-7-8-23/h9-12,16,19,21-23H,3-8,13-15,17-18H2,1-2H3,(H2,40,46)(H,41,42,47)/t19-,36+/m0/s1. The lowest BCUT2D eigenvalue weighted by molar-refractivity contribution is -0.286. The van der Waals surface area contributed by atoms with Gasteiger partial charge in [-0.3, -0.25) is 19.3 Å². The normalized spacial score (nSPS) is 25.6. The molecule has 0 bridgehead atoms. The molecule has 3 N–H and O–H groups in total. The van der Waals surface area contributed by atoms with Crippen LogP contribution in [-0.2, 0) is 22.6 Å². The number of benzene rings is 2.